The van der Waals surface area contributed by atoms with Gasteiger partial charge >= 0.3 is 12.1 Å². The number of ether oxygens (including phenoxy) is 1. The zero-order valence-corrected chi connectivity index (χ0v) is 16.4. The molecule has 0 spiro atoms. The maximum Gasteiger partial charge on any atom is 0.416 e. The SMILES string of the molecule is COC(=O)[C@H](CC[S@](=O)c1ccccc1)NC(=O)Cc1cccc(C(F)(F)F)c1. The Kier molecular flexibility index (Phi) is 7.95. The van der Waals surface area contributed by atoms with Crippen molar-refractivity contribution in [2.75, 3.05) is 12.9 Å². The predicted octanol–water partition coefficient (Wildman–Crippen LogP) is 3.10. The van der Waals surface area contributed by atoms with Gasteiger partial charge < -0.3 is 10.1 Å². The van der Waals surface area contributed by atoms with Gasteiger partial charge in [-0.2, -0.15) is 13.2 Å². The molecule has 2 atom stereocenters. The first-order valence-corrected chi connectivity index (χ1v) is 9.99. The molecule has 9 heteroatoms. The summed E-state index contributed by atoms with van der Waals surface area (Å²) in [5.74, 6) is -1.24. The van der Waals surface area contributed by atoms with Crippen LogP contribution in [0.25, 0.3) is 0 Å². The molecule has 0 aliphatic carbocycles. The van der Waals surface area contributed by atoms with Gasteiger partial charge in [0.25, 0.3) is 0 Å². The van der Waals surface area contributed by atoms with Gasteiger partial charge in [0.15, 0.2) is 0 Å². The molecule has 0 aliphatic rings. The lowest BCUT2D eigenvalue weighted by atomic mass is 10.1. The maximum absolute atomic E-state index is 12.8. The van der Waals surface area contributed by atoms with E-state index < -0.39 is 40.5 Å². The Morgan fingerprint density at radius 3 is 2.41 bits per heavy atom. The molecule has 5 nitrogen and oxygen atoms in total. The van der Waals surface area contributed by atoms with Crippen molar-refractivity contribution in [3.8, 4) is 0 Å². The van der Waals surface area contributed by atoms with Gasteiger partial charge in [0, 0.05) is 10.6 Å². The van der Waals surface area contributed by atoms with Crippen molar-refractivity contribution in [2.24, 2.45) is 0 Å². The summed E-state index contributed by atoms with van der Waals surface area (Å²) in [7, 11) is -0.217. The zero-order chi connectivity index (χ0) is 21.4. The van der Waals surface area contributed by atoms with Crippen LogP contribution in [-0.2, 0) is 37.7 Å². The molecule has 0 radical (unpaired) electrons. The number of amides is 1. The summed E-state index contributed by atoms with van der Waals surface area (Å²) in [6.07, 6.45) is -4.79. The number of carbonyl (C=O) groups is 2. The van der Waals surface area contributed by atoms with Crippen LogP contribution in [0, 0.1) is 0 Å². The Morgan fingerprint density at radius 2 is 1.79 bits per heavy atom. The average Bonchev–Trinajstić information content (AvgIpc) is 2.70. The summed E-state index contributed by atoms with van der Waals surface area (Å²) < 4.78 is 55.3. The van der Waals surface area contributed by atoms with E-state index in [0.717, 1.165) is 19.2 Å². The van der Waals surface area contributed by atoms with E-state index in [4.69, 9.17) is 0 Å². The summed E-state index contributed by atoms with van der Waals surface area (Å²) >= 11 is 0. The fourth-order valence-electron chi connectivity index (χ4n) is 2.59. The van der Waals surface area contributed by atoms with Crippen LogP contribution in [0.15, 0.2) is 59.5 Å². The number of alkyl halides is 3. The van der Waals surface area contributed by atoms with Crippen molar-refractivity contribution in [3.05, 3.63) is 65.7 Å². The standard InChI is InChI=1S/C20H20F3NO4S/c1-28-19(26)17(10-11-29(27)16-8-3-2-4-9-16)24-18(25)13-14-6-5-7-15(12-14)20(21,22)23/h2-9,12,17H,10-11,13H2,1H3,(H,24,25)/t17-,29-/m0/s1. The zero-order valence-electron chi connectivity index (χ0n) is 15.6. The molecule has 0 aliphatic heterocycles. The second kappa shape index (κ2) is 10.2. The molecule has 0 fully saturated rings. The minimum Gasteiger partial charge on any atom is -0.467 e. The van der Waals surface area contributed by atoms with Gasteiger partial charge in [-0.05, 0) is 30.2 Å². The van der Waals surface area contributed by atoms with Crippen molar-refractivity contribution < 1.29 is 31.7 Å². The Labute approximate surface area is 168 Å². The summed E-state index contributed by atoms with van der Waals surface area (Å²) in [6.45, 7) is 0. The van der Waals surface area contributed by atoms with Gasteiger partial charge in [-0.1, -0.05) is 36.4 Å². The summed E-state index contributed by atoms with van der Waals surface area (Å²) in [4.78, 5) is 24.8. The lowest BCUT2D eigenvalue weighted by Crippen LogP contribution is -2.43. The van der Waals surface area contributed by atoms with E-state index in [1.54, 1.807) is 30.3 Å². The molecule has 0 saturated carbocycles. The minimum atomic E-state index is -4.51. The molecule has 0 unspecified atom stereocenters. The van der Waals surface area contributed by atoms with Crippen LogP contribution >= 0.6 is 0 Å². The van der Waals surface area contributed by atoms with Crippen LogP contribution in [0.5, 0.6) is 0 Å². The van der Waals surface area contributed by atoms with Gasteiger partial charge in [-0.15, -0.1) is 0 Å². The van der Waals surface area contributed by atoms with Crippen LogP contribution in [0.3, 0.4) is 0 Å². The monoisotopic (exact) mass is 427 g/mol. The smallest absolute Gasteiger partial charge is 0.416 e. The van der Waals surface area contributed by atoms with Gasteiger partial charge in [-0.3, -0.25) is 9.00 Å². The highest BCUT2D eigenvalue weighted by Crippen LogP contribution is 2.29. The van der Waals surface area contributed by atoms with Gasteiger partial charge in [-0.25, -0.2) is 4.79 Å². The minimum absolute atomic E-state index is 0.0580. The maximum atomic E-state index is 12.8. The molecular formula is C20H20F3NO4S. The first-order chi connectivity index (χ1) is 13.7. The third-order valence-corrected chi connectivity index (χ3v) is 5.44. The summed E-state index contributed by atoms with van der Waals surface area (Å²) in [5, 5.41) is 2.45. The second-order valence-electron chi connectivity index (χ2n) is 6.17. The summed E-state index contributed by atoms with van der Waals surface area (Å²) in [6, 6.07) is 12.0. The molecule has 156 valence electrons. The lowest BCUT2D eigenvalue weighted by molar-refractivity contribution is -0.145. The quantitative estimate of drug-likeness (QED) is 0.657. The largest absolute Gasteiger partial charge is 0.467 e. The molecule has 2 rings (SSSR count). The number of nitrogens with one attached hydrogen (secondary N) is 1. The van der Waals surface area contributed by atoms with Crippen molar-refractivity contribution in [1.29, 1.82) is 0 Å². The van der Waals surface area contributed by atoms with E-state index in [-0.39, 0.29) is 24.2 Å². The van der Waals surface area contributed by atoms with E-state index in [1.807, 2.05) is 0 Å². The second-order valence-corrected chi connectivity index (χ2v) is 7.74. The van der Waals surface area contributed by atoms with Gasteiger partial charge in [0.05, 0.1) is 29.9 Å². The number of esters is 1. The molecular weight excluding hydrogens is 407 g/mol. The topological polar surface area (TPSA) is 72.5 Å². The van der Waals surface area contributed by atoms with Crippen LogP contribution in [-0.4, -0.2) is 35.0 Å². The third-order valence-electron chi connectivity index (χ3n) is 4.04. The number of carbonyl (C=O) groups excluding carboxylic acids is 2. The Morgan fingerprint density at radius 1 is 1.10 bits per heavy atom. The van der Waals surface area contributed by atoms with Crippen LogP contribution < -0.4 is 5.32 Å². The van der Waals surface area contributed by atoms with E-state index in [1.165, 1.54) is 12.1 Å². The van der Waals surface area contributed by atoms with Crippen molar-refractivity contribution in [3.63, 3.8) is 0 Å². The molecule has 1 amide bonds. The fraction of sp³-hybridized carbons (Fsp3) is 0.300. The van der Waals surface area contributed by atoms with Crippen molar-refractivity contribution >= 4 is 22.7 Å². The highest BCUT2D eigenvalue weighted by atomic mass is 32.2. The Bertz CT molecular complexity index is 872. The number of hydrogen-bond donors (Lipinski definition) is 1. The van der Waals surface area contributed by atoms with Gasteiger partial charge in [0.1, 0.15) is 6.04 Å². The normalized spacial score (nSPS) is 13.4. The molecule has 0 heterocycles. The Balaban J connectivity index is 2.00. The molecule has 1 N–H and O–H groups in total. The van der Waals surface area contributed by atoms with Gasteiger partial charge in [0.2, 0.25) is 5.91 Å². The van der Waals surface area contributed by atoms with E-state index in [2.05, 4.69) is 10.1 Å². The Hall–Kier alpha value is -2.68. The molecule has 2 aromatic carbocycles. The number of halogens is 3. The number of rotatable bonds is 8. The first-order valence-electron chi connectivity index (χ1n) is 8.67. The average molecular weight is 427 g/mol. The number of benzene rings is 2. The first kappa shape index (κ1) is 22.6. The van der Waals surface area contributed by atoms with Crippen molar-refractivity contribution in [1.82, 2.24) is 5.32 Å². The number of hydrogen-bond acceptors (Lipinski definition) is 4. The van der Waals surface area contributed by atoms with Crippen molar-refractivity contribution in [2.45, 2.75) is 30.0 Å². The molecule has 0 bridgehead atoms. The highest BCUT2D eigenvalue weighted by molar-refractivity contribution is 7.85. The summed E-state index contributed by atoms with van der Waals surface area (Å²) in [5.41, 5.74) is -0.695. The van der Waals surface area contributed by atoms with Crippen LogP contribution in [0.1, 0.15) is 17.5 Å². The lowest BCUT2D eigenvalue weighted by Gasteiger charge is -2.16. The molecule has 0 saturated heterocycles. The molecule has 2 aromatic rings. The van der Waals surface area contributed by atoms with Crippen LogP contribution in [0.2, 0.25) is 0 Å². The fourth-order valence-corrected chi connectivity index (χ4v) is 3.74. The van der Waals surface area contributed by atoms with Crippen LogP contribution in [0.4, 0.5) is 13.2 Å². The predicted molar refractivity (Wildman–Crippen MR) is 101 cm³/mol. The molecule has 29 heavy (non-hydrogen) atoms. The van der Waals surface area contributed by atoms with E-state index in [9.17, 15) is 27.0 Å². The highest BCUT2D eigenvalue weighted by Gasteiger charge is 2.30. The number of methoxy groups -OCH3 is 1. The van der Waals surface area contributed by atoms with E-state index in [0.29, 0.717) is 4.90 Å². The van der Waals surface area contributed by atoms with E-state index >= 15 is 0 Å². The molecule has 0 aromatic heterocycles. The third kappa shape index (κ3) is 7.01.